The van der Waals surface area contributed by atoms with Gasteiger partial charge in [-0.25, -0.2) is 4.63 Å². The largest absolute Gasteiger partial charge is 0.486 e. The molecule has 0 aliphatic heterocycles. The Morgan fingerprint density at radius 2 is 2.15 bits per heavy atom. The summed E-state index contributed by atoms with van der Waals surface area (Å²) in [6.07, 6.45) is 0. The molecule has 1 heterocycles. The Hall–Kier alpha value is -1.59. The molecule has 0 unspecified atom stereocenters. The number of hydrogen-bond acceptors (Lipinski definition) is 5. The topological polar surface area (TPSA) is 60.2 Å². The molecule has 0 spiro atoms. The number of aromatic nitrogens is 2. The van der Waals surface area contributed by atoms with E-state index in [1.54, 1.807) is 0 Å². The monoisotopic (exact) mass is 295 g/mol. The van der Waals surface area contributed by atoms with E-state index in [2.05, 4.69) is 34.1 Å². The van der Waals surface area contributed by atoms with Crippen molar-refractivity contribution in [3.8, 4) is 5.75 Å². The maximum Gasteiger partial charge on any atom is 0.145 e. The van der Waals surface area contributed by atoms with Crippen LogP contribution in [0.25, 0.3) is 0 Å². The molecule has 0 aliphatic rings. The van der Waals surface area contributed by atoms with E-state index < -0.39 is 0 Å². The third-order valence-electron chi connectivity index (χ3n) is 2.82. The lowest BCUT2D eigenvalue weighted by atomic mass is 10.2. The highest BCUT2D eigenvalue weighted by molar-refractivity contribution is 6.32. The van der Waals surface area contributed by atoms with E-state index in [4.69, 9.17) is 16.3 Å². The van der Waals surface area contributed by atoms with Crippen LogP contribution in [0.1, 0.15) is 30.8 Å². The van der Waals surface area contributed by atoms with Gasteiger partial charge < -0.3 is 10.1 Å². The quantitative estimate of drug-likeness (QED) is 0.887. The summed E-state index contributed by atoms with van der Waals surface area (Å²) < 4.78 is 10.2. The number of halogens is 1. The fourth-order valence-corrected chi connectivity index (χ4v) is 1.88. The van der Waals surface area contributed by atoms with Crippen molar-refractivity contribution in [2.75, 3.05) is 0 Å². The summed E-state index contributed by atoms with van der Waals surface area (Å²) in [5, 5.41) is 11.4. The van der Waals surface area contributed by atoms with Gasteiger partial charge in [0, 0.05) is 12.6 Å². The minimum atomic E-state index is 0.290. The third-order valence-corrected chi connectivity index (χ3v) is 3.12. The SMILES string of the molecule is Cc1nonc1COc1ccc(CNC(C)C)cc1Cl. The van der Waals surface area contributed by atoms with Gasteiger partial charge in [-0.3, -0.25) is 0 Å². The van der Waals surface area contributed by atoms with Gasteiger partial charge in [-0.05, 0) is 24.6 Å². The van der Waals surface area contributed by atoms with Gasteiger partial charge in [-0.1, -0.05) is 41.8 Å². The second kappa shape index (κ2) is 6.72. The Morgan fingerprint density at radius 1 is 1.35 bits per heavy atom. The predicted molar refractivity (Wildman–Crippen MR) is 76.8 cm³/mol. The number of hydrogen-bond donors (Lipinski definition) is 1. The zero-order valence-corrected chi connectivity index (χ0v) is 12.6. The van der Waals surface area contributed by atoms with Crippen molar-refractivity contribution in [2.24, 2.45) is 0 Å². The minimum absolute atomic E-state index is 0.290. The van der Waals surface area contributed by atoms with E-state index in [0.717, 1.165) is 17.8 Å². The summed E-state index contributed by atoms with van der Waals surface area (Å²) >= 11 is 6.21. The highest BCUT2D eigenvalue weighted by Crippen LogP contribution is 2.26. The van der Waals surface area contributed by atoms with Crippen molar-refractivity contribution in [1.29, 1.82) is 0 Å². The van der Waals surface area contributed by atoms with Crippen LogP contribution in [0.2, 0.25) is 5.02 Å². The van der Waals surface area contributed by atoms with Crippen LogP contribution in [0.5, 0.6) is 5.75 Å². The van der Waals surface area contributed by atoms with Crippen LogP contribution in [0, 0.1) is 6.92 Å². The molecule has 1 aromatic carbocycles. The van der Waals surface area contributed by atoms with Crippen LogP contribution >= 0.6 is 11.6 Å². The molecule has 0 radical (unpaired) electrons. The lowest BCUT2D eigenvalue weighted by Gasteiger charge is -2.11. The third kappa shape index (κ3) is 3.95. The van der Waals surface area contributed by atoms with Gasteiger partial charge in [0.25, 0.3) is 0 Å². The summed E-state index contributed by atoms with van der Waals surface area (Å²) in [5.74, 6) is 0.627. The van der Waals surface area contributed by atoms with Crippen LogP contribution < -0.4 is 10.1 Å². The molecule has 2 rings (SSSR count). The van der Waals surface area contributed by atoms with Crippen molar-refractivity contribution in [3.05, 3.63) is 40.2 Å². The number of benzene rings is 1. The molecule has 20 heavy (non-hydrogen) atoms. The minimum Gasteiger partial charge on any atom is -0.486 e. The molecule has 108 valence electrons. The average molecular weight is 296 g/mol. The predicted octanol–water partition coefficient (Wildman–Crippen LogP) is 3.11. The van der Waals surface area contributed by atoms with Gasteiger partial charge in [0.2, 0.25) is 0 Å². The zero-order valence-electron chi connectivity index (χ0n) is 11.8. The Bertz CT molecular complexity index is 569. The van der Waals surface area contributed by atoms with E-state index >= 15 is 0 Å². The number of aryl methyl sites for hydroxylation is 1. The van der Waals surface area contributed by atoms with Crippen molar-refractivity contribution < 1.29 is 9.37 Å². The molecule has 6 heteroatoms. The van der Waals surface area contributed by atoms with E-state index in [0.29, 0.717) is 29.1 Å². The normalized spacial score (nSPS) is 11.1. The Kier molecular flexibility index (Phi) is 4.98. The Labute approximate surface area is 123 Å². The van der Waals surface area contributed by atoms with Gasteiger partial charge in [0.05, 0.1) is 5.02 Å². The molecule has 1 N–H and O–H groups in total. The van der Waals surface area contributed by atoms with Crippen molar-refractivity contribution in [1.82, 2.24) is 15.6 Å². The first kappa shape index (κ1) is 14.8. The molecular weight excluding hydrogens is 278 g/mol. The molecule has 5 nitrogen and oxygen atoms in total. The smallest absolute Gasteiger partial charge is 0.145 e. The number of nitrogens with zero attached hydrogens (tertiary/aromatic N) is 2. The van der Waals surface area contributed by atoms with Crippen LogP contribution in [0.15, 0.2) is 22.8 Å². The van der Waals surface area contributed by atoms with E-state index in [1.807, 2.05) is 25.1 Å². The highest BCUT2D eigenvalue weighted by Gasteiger charge is 2.08. The Balaban J connectivity index is 1.97. The molecule has 0 bridgehead atoms. The van der Waals surface area contributed by atoms with Gasteiger partial charge in [0.15, 0.2) is 0 Å². The number of nitrogens with one attached hydrogen (secondary N) is 1. The molecule has 0 saturated carbocycles. The van der Waals surface area contributed by atoms with Gasteiger partial charge in [0.1, 0.15) is 23.7 Å². The summed E-state index contributed by atoms with van der Waals surface area (Å²) in [7, 11) is 0. The molecule has 0 saturated heterocycles. The molecule has 0 aliphatic carbocycles. The fourth-order valence-electron chi connectivity index (χ4n) is 1.62. The standard InChI is InChI=1S/C14H18ClN3O2/c1-9(2)16-7-11-4-5-14(12(15)6-11)19-8-13-10(3)17-20-18-13/h4-6,9,16H,7-8H2,1-3H3. The summed E-state index contributed by atoms with van der Waals surface area (Å²) in [6.45, 7) is 7.10. The van der Waals surface area contributed by atoms with E-state index in [-0.39, 0.29) is 0 Å². The van der Waals surface area contributed by atoms with Crippen molar-refractivity contribution >= 4 is 11.6 Å². The van der Waals surface area contributed by atoms with Crippen LogP contribution in [0.3, 0.4) is 0 Å². The first-order chi connectivity index (χ1) is 9.56. The molecule has 2 aromatic rings. The van der Waals surface area contributed by atoms with Gasteiger partial charge in [-0.2, -0.15) is 0 Å². The van der Waals surface area contributed by atoms with Crippen LogP contribution in [-0.4, -0.2) is 16.4 Å². The zero-order chi connectivity index (χ0) is 14.5. The second-order valence-electron chi connectivity index (χ2n) is 4.89. The van der Waals surface area contributed by atoms with Crippen molar-refractivity contribution in [2.45, 2.75) is 40.0 Å². The second-order valence-corrected chi connectivity index (χ2v) is 5.29. The van der Waals surface area contributed by atoms with Gasteiger partial charge in [-0.15, -0.1) is 0 Å². The molecule has 1 aromatic heterocycles. The maximum absolute atomic E-state index is 6.21. The summed E-state index contributed by atoms with van der Waals surface area (Å²) in [4.78, 5) is 0. The highest BCUT2D eigenvalue weighted by atomic mass is 35.5. The van der Waals surface area contributed by atoms with Gasteiger partial charge >= 0.3 is 0 Å². The maximum atomic E-state index is 6.21. The lowest BCUT2D eigenvalue weighted by Crippen LogP contribution is -2.21. The molecular formula is C14H18ClN3O2. The van der Waals surface area contributed by atoms with Crippen LogP contribution in [-0.2, 0) is 13.2 Å². The fraction of sp³-hybridized carbons (Fsp3) is 0.429. The van der Waals surface area contributed by atoms with Crippen LogP contribution in [0.4, 0.5) is 0 Å². The van der Waals surface area contributed by atoms with Crippen molar-refractivity contribution in [3.63, 3.8) is 0 Å². The summed E-state index contributed by atoms with van der Waals surface area (Å²) in [5.41, 5.74) is 2.51. The summed E-state index contributed by atoms with van der Waals surface area (Å²) in [6, 6.07) is 6.19. The first-order valence-corrected chi connectivity index (χ1v) is 6.86. The molecule has 0 fully saturated rings. The number of ether oxygens (including phenoxy) is 1. The van der Waals surface area contributed by atoms with E-state index in [9.17, 15) is 0 Å². The average Bonchev–Trinajstić information content (AvgIpc) is 2.81. The Morgan fingerprint density at radius 3 is 2.75 bits per heavy atom. The first-order valence-electron chi connectivity index (χ1n) is 6.49. The lowest BCUT2D eigenvalue weighted by molar-refractivity contribution is 0.270. The molecule has 0 amide bonds. The molecule has 0 atom stereocenters. The number of rotatable bonds is 6. The van der Waals surface area contributed by atoms with E-state index in [1.165, 1.54) is 0 Å².